The van der Waals surface area contributed by atoms with E-state index in [0.29, 0.717) is 5.56 Å². The Hall–Kier alpha value is -2.41. The number of nitrogens with zero attached hydrogens (tertiary/aromatic N) is 3. The number of hydrogen-bond acceptors (Lipinski definition) is 6. The largest absolute Gasteiger partial charge is 0.508 e. The van der Waals surface area contributed by atoms with E-state index in [-0.39, 0.29) is 36.5 Å². The van der Waals surface area contributed by atoms with Crippen LogP contribution in [-0.4, -0.2) is 39.0 Å². The summed E-state index contributed by atoms with van der Waals surface area (Å²) in [6.45, 7) is 0.163. The van der Waals surface area contributed by atoms with Crippen LogP contribution in [0, 0.1) is 0 Å². The number of aromatic hydroxyl groups is 1. The first-order valence-corrected chi connectivity index (χ1v) is 5.75. The summed E-state index contributed by atoms with van der Waals surface area (Å²) in [5, 5.41) is 26.2. The number of carbonyl (C=O) groups is 1. The normalized spacial score (nSPS) is 19.1. The van der Waals surface area contributed by atoms with Gasteiger partial charge in [0.25, 0.3) is 0 Å². The van der Waals surface area contributed by atoms with E-state index in [1.165, 1.54) is 17.0 Å². The second-order valence-corrected chi connectivity index (χ2v) is 4.30. The molecule has 1 amide bonds. The molecule has 19 heavy (non-hydrogen) atoms. The molecule has 1 aliphatic rings. The number of benzene rings is 1. The minimum Gasteiger partial charge on any atom is -0.508 e. The number of aliphatic hydroxyl groups excluding tert-OH is 1. The monoisotopic (exact) mass is 261 g/mol. The minimum absolute atomic E-state index is 0.0664. The standard InChI is InChI=1S/C12H11N3O4/c16-8-3-1-7(2-4-8)11-13-14-12(19-11)15-6-9(17)5-10(15)18/h1-4,9,16-17H,5-6H2. The number of phenolic OH excluding ortho intramolecular Hbond substituents is 1. The van der Waals surface area contributed by atoms with Gasteiger partial charge < -0.3 is 14.6 Å². The minimum atomic E-state index is -0.698. The predicted octanol–water partition coefficient (Wildman–Crippen LogP) is 0.540. The summed E-state index contributed by atoms with van der Waals surface area (Å²) >= 11 is 0. The Morgan fingerprint density at radius 1 is 1.26 bits per heavy atom. The number of aliphatic hydroxyl groups is 1. The lowest BCUT2D eigenvalue weighted by atomic mass is 10.2. The van der Waals surface area contributed by atoms with Crippen molar-refractivity contribution in [1.29, 1.82) is 0 Å². The maximum Gasteiger partial charge on any atom is 0.325 e. The van der Waals surface area contributed by atoms with Gasteiger partial charge in [0.2, 0.25) is 11.8 Å². The Morgan fingerprint density at radius 2 is 2.00 bits per heavy atom. The molecule has 0 spiro atoms. The molecular formula is C12H11N3O4. The molecule has 1 saturated heterocycles. The van der Waals surface area contributed by atoms with Crippen molar-refractivity contribution in [3.05, 3.63) is 24.3 Å². The molecule has 0 radical (unpaired) electrons. The summed E-state index contributed by atoms with van der Waals surface area (Å²) in [4.78, 5) is 12.8. The highest BCUT2D eigenvalue weighted by atomic mass is 16.4. The molecule has 0 bridgehead atoms. The molecule has 2 aromatic rings. The highest BCUT2D eigenvalue weighted by Crippen LogP contribution is 2.26. The Kier molecular flexibility index (Phi) is 2.68. The van der Waals surface area contributed by atoms with Crippen molar-refractivity contribution in [3.8, 4) is 17.2 Å². The first kappa shape index (κ1) is 11.7. The lowest BCUT2D eigenvalue weighted by molar-refractivity contribution is -0.117. The van der Waals surface area contributed by atoms with E-state index >= 15 is 0 Å². The fraction of sp³-hybridized carbons (Fsp3) is 0.250. The molecule has 7 nitrogen and oxygen atoms in total. The van der Waals surface area contributed by atoms with Crippen LogP contribution >= 0.6 is 0 Å². The van der Waals surface area contributed by atoms with Crippen LogP contribution in [0.4, 0.5) is 6.01 Å². The van der Waals surface area contributed by atoms with Gasteiger partial charge >= 0.3 is 6.01 Å². The molecule has 1 fully saturated rings. The van der Waals surface area contributed by atoms with Gasteiger partial charge in [-0.2, -0.15) is 0 Å². The van der Waals surface area contributed by atoms with Crippen LogP contribution in [0.3, 0.4) is 0 Å². The maximum atomic E-state index is 11.6. The molecule has 0 saturated carbocycles. The quantitative estimate of drug-likeness (QED) is 0.818. The topological polar surface area (TPSA) is 99.7 Å². The second-order valence-electron chi connectivity index (χ2n) is 4.30. The predicted molar refractivity (Wildman–Crippen MR) is 64.4 cm³/mol. The van der Waals surface area contributed by atoms with Crippen molar-refractivity contribution in [3.63, 3.8) is 0 Å². The van der Waals surface area contributed by atoms with Crippen molar-refractivity contribution >= 4 is 11.9 Å². The number of carbonyl (C=O) groups excluding carboxylic acids is 1. The maximum absolute atomic E-state index is 11.6. The fourth-order valence-corrected chi connectivity index (χ4v) is 1.92. The molecule has 1 aromatic heterocycles. The third-order valence-corrected chi connectivity index (χ3v) is 2.86. The number of hydrogen-bond donors (Lipinski definition) is 2. The SMILES string of the molecule is O=C1CC(O)CN1c1nnc(-c2ccc(O)cc2)o1. The van der Waals surface area contributed by atoms with Gasteiger partial charge in [0.15, 0.2) is 0 Å². The zero-order valence-electron chi connectivity index (χ0n) is 9.85. The highest BCUT2D eigenvalue weighted by molar-refractivity contribution is 5.94. The van der Waals surface area contributed by atoms with Gasteiger partial charge in [-0.15, -0.1) is 5.10 Å². The lowest BCUT2D eigenvalue weighted by Crippen LogP contribution is -2.25. The van der Waals surface area contributed by atoms with Crippen molar-refractivity contribution in [2.45, 2.75) is 12.5 Å². The fourth-order valence-electron chi connectivity index (χ4n) is 1.92. The van der Waals surface area contributed by atoms with Crippen molar-refractivity contribution < 1.29 is 19.4 Å². The first-order chi connectivity index (χ1) is 9.13. The zero-order chi connectivity index (χ0) is 13.4. The second kappa shape index (κ2) is 4.36. The number of aromatic nitrogens is 2. The molecule has 98 valence electrons. The van der Waals surface area contributed by atoms with Crippen LogP contribution in [0.1, 0.15) is 6.42 Å². The molecule has 1 aromatic carbocycles. The van der Waals surface area contributed by atoms with E-state index in [2.05, 4.69) is 10.2 Å². The molecule has 1 aliphatic heterocycles. The summed E-state index contributed by atoms with van der Waals surface area (Å²) in [6, 6.07) is 6.35. The van der Waals surface area contributed by atoms with Crippen LogP contribution in [0.2, 0.25) is 0 Å². The van der Waals surface area contributed by atoms with E-state index in [9.17, 15) is 15.0 Å². The van der Waals surface area contributed by atoms with Crippen LogP contribution < -0.4 is 4.90 Å². The van der Waals surface area contributed by atoms with Gasteiger partial charge in [-0.25, -0.2) is 0 Å². The van der Waals surface area contributed by atoms with E-state index in [0.717, 1.165) is 0 Å². The molecule has 1 unspecified atom stereocenters. The number of anilines is 1. The Morgan fingerprint density at radius 3 is 2.63 bits per heavy atom. The van der Waals surface area contributed by atoms with E-state index in [4.69, 9.17) is 4.42 Å². The third kappa shape index (κ3) is 2.15. The summed E-state index contributed by atoms with van der Waals surface area (Å²) in [7, 11) is 0. The summed E-state index contributed by atoms with van der Waals surface area (Å²) < 4.78 is 5.40. The molecule has 2 heterocycles. The van der Waals surface area contributed by atoms with Gasteiger partial charge in [-0.1, -0.05) is 5.10 Å². The Labute approximate surface area is 108 Å². The van der Waals surface area contributed by atoms with Gasteiger partial charge in [0.05, 0.1) is 19.1 Å². The van der Waals surface area contributed by atoms with Gasteiger partial charge in [0.1, 0.15) is 5.75 Å². The van der Waals surface area contributed by atoms with Crippen LogP contribution in [0.5, 0.6) is 5.75 Å². The number of phenols is 1. The zero-order valence-corrected chi connectivity index (χ0v) is 9.85. The van der Waals surface area contributed by atoms with Crippen molar-refractivity contribution in [1.82, 2.24) is 10.2 Å². The van der Waals surface area contributed by atoms with E-state index < -0.39 is 6.10 Å². The van der Waals surface area contributed by atoms with E-state index in [1.807, 2.05) is 0 Å². The average Bonchev–Trinajstić information content (AvgIpc) is 2.97. The number of rotatable bonds is 2. The molecule has 7 heteroatoms. The Balaban J connectivity index is 1.87. The summed E-state index contributed by atoms with van der Waals surface area (Å²) in [6.07, 6.45) is -0.631. The van der Waals surface area contributed by atoms with Gasteiger partial charge in [-0.05, 0) is 24.3 Å². The molecule has 2 N–H and O–H groups in total. The van der Waals surface area contributed by atoms with Gasteiger partial charge in [0, 0.05) is 5.56 Å². The van der Waals surface area contributed by atoms with Crippen molar-refractivity contribution in [2.24, 2.45) is 0 Å². The average molecular weight is 261 g/mol. The number of amides is 1. The molecular weight excluding hydrogens is 250 g/mol. The van der Waals surface area contributed by atoms with Crippen LogP contribution in [0.15, 0.2) is 28.7 Å². The number of β-amino-alcohol motifs (C(OH)–C–C–N with tert-alkyl or cyclic N) is 1. The molecule has 1 atom stereocenters. The van der Waals surface area contributed by atoms with Gasteiger partial charge in [-0.3, -0.25) is 9.69 Å². The molecule has 0 aliphatic carbocycles. The summed E-state index contributed by atoms with van der Waals surface area (Å²) in [5.41, 5.74) is 0.642. The van der Waals surface area contributed by atoms with E-state index in [1.54, 1.807) is 12.1 Å². The molecule has 3 rings (SSSR count). The summed E-state index contributed by atoms with van der Waals surface area (Å²) in [5.74, 6) is 0.152. The van der Waals surface area contributed by atoms with Crippen molar-refractivity contribution in [2.75, 3.05) is 11.4 Å². The van der Waals surface area contributed by atoms with Crippen LogP contribution in [0.25, 0.3) is 11.5 Å². The Bertz CT molecular complexity index is 608. The highest BCUT2D eigenvalue weighted by Gasteiger charge is 2.32. The third-order valence-electron chi connectivity index (χ3n) is 2.86. The lowest BCUT2D eigenvalue weighted by Gasteiger charge is -2.08. The smallest absolute Gasteiger partial charge is 0.325 e. The first-order valence-electron chi connectivity index (χ1n) is 5.75. The van der Waals surface area contributed by atoms with Crippen LogP contribution in [-0.2, 0) is 4.79 Å².